The van der Waals surface area contributed by atoms with Crippen molar-refractivity contribution < 1.29 is 19.1 Å². The van der Waals surface area contributed by atoms with E-state index < -0.39 is 11.9 Å². The second-order valence-corrected chi connectivity index (χ2v) is 6.93. The third kappa shape index (κ3) is 5.89. The van der Waals surface area contributed by atoms with Gasteiger partial charge in [-0.2, -0.15) is 0 Å². The van der Waals surface area contributed by atoms with E-state index in [-0.39, 0.29) is 18.6 Å². The van der Waals surface area contributed by atoms with Crippen molar-refractivity contribution in [3.63, 3.8) is 0 Å². The molecule has 0 aromatic heterocycles. The second kappa shape index (κ2) is 9.84. The summed E-state index contributed by atoms with van der Waals surface area (Å²) in [6, 6.07) is 16.8. The van der Waals surface area contributed by atoms with E-state index in [0.717, 1.165) is 26.1 Å². The van der Waals surface area contributed by atoms with E-state index in [1.54, 1.807) is 31.2 Å². The fraction of sp³-hybridized carbons (Fsp3) is 0.318. The Morgan fingerprint density at radius 2 is 1.79 bits per heavy atom. The Bertz CT molecular complexity index is 852. The van der Waals surface area contributed by atoms with E-state index in [1.165, 1.54) is 5.56 Å². The smallest absolute Gasteiger partial charge is 0.397 e. The molecule has 1 fully saturated rings. The van der Waals surface area contributed by atoms with Crippen LogP contribution in [0.5, 0.6) is 0 Å². The summed E-state index contributed by atoms with van der Waals surface area (Å²) in [4.78, 5) is 37.8. The highest BCUT2D eigenvalue weighted by Gasteiger charge is 2.24. The third-order valence-electron chi connectivity index (χ3n) is 4.72. The zero-order valence-electron chi connectivity index (χ0n) is 16.4. The van der Waals surface area contributed by atoms with Gasteiger partial charge < -0.3 is 15.4 Å². The van der Waals surface area contributed by atoms with Crippen LogP contribution in [0.1, 0.15) is 29.3 Å². The van der Waals surface area contributed by atoms with Crippen LogP contribution in [-0.4, -0.2) is 48.4 Å². The molecule has 0 aliphatic carbocycles. The molecule has 2 aromatic rings. The van der Waals surface area contributed by atoms with Crippen molar-refractivity contribution in [3.05, 3.63) is 65.7 Å². The first-order valence-electron chi connectivity index (χ1n) is 9.70. The number of amides is 2. The Hall–Kier alpha value is -3.19. The highest BCUT2D eigenvalue weighted by Crippen LogP contribution is 2.15. The molecule has 1 unspecified atom stereocenters. The Labute approximate surface area is 170 Å². The molecule has 2 amide bonds. The number of carbonyl (C=O) groups is 3. The lowest BCUT2D eigenvalue weighted by Gasteiger charge is -2.17. The maximum Gasteiger partial charge on any atom is 0.397 e. The highest BCUT2D eigenvalue weighted by molar-refractivity contribution is 6.37. The maximum absolute atomic E-state index is 12.5. The Kier molecular flexibility index (Phi) is 6.97. The van der Waals surface area contributed by atoms with Gasteiger partial charge in [-0.3, -0.25) is 14.5 Å². The number of carbonyl (C=O) groups excluding carboxylic acids is 3. The molecular formula is C22H25N3O4. The standard InChI is InChI=1S/C22H25N3O4/c1-2-29-22(28)21(27)23-18-10-8-17(9-11-18)20(26)24-19-12-13-25(15-19)14-16-6-4-3-5-7-16/h3-11,19H,2,12-15H2,1H3,(H,23,27)(H,24,26). The molecule has 0 bridgehead atoms. The quantitative estimate of drug-likeness (QED) is 0.578. The van der Waals surface area contributed by atoms with Crippen LogP contribution in [-0.2, 0) is 20.9 Å². The van der Waals surface area contributed by atoms with Crippen molar-refractivity contribution in [1.29, 1.82) is 0 Å². The highest BCUT2D eigenvalue weighted by atomic mass is 16.5. The van der Waals surface area contributed by atoms with Gasteiger partial charge in [0.05, 0.1) is 6.61 Å². The van der Waals surface area contributed by atoms with E-state index in [4.69, 9.17) is 0 Å². The Morgan fingerprint density at radius 1 is 1.07 bits per heavy atom. The van der Waals surface area contributed by atoms with Crippen LogP contribution in [0.3, 0.4) is 0 Å². The SMILES string of the molecule is CCOC(=O)C(=O)Nc1ccc(C(=O)NC2CCN(Cc3ccccc3)C2)cc1. The minimum atomic E-state index is -0.935. The van der Waals surface area contributed by atoms with Crippen LogP contribution in [0.15, 0.2) is 54.6 Å². The average molecular weight is 395 g/mol. The van der Waals surface area contributed by atoms with Gasteiger partial charge in [0.2, 0.25) is 0 Å². The summed E-state index contributed by atoms with van der Waals surface area (Å²) in [6.07, 6.45) is 0.909. The summed E-state index contributed by atoms with van der Waals surface area (Å²) in [5, 5.41) is 5.51. The van der Waals surface area contributed by atoms with Gasteiger partial charge in [-0.15, -0.1) is 0 Å². The summed E-state index contributed by atoms with van der Waals surface area (Å²) in [5.41, 5.74) is 2.19. The van der Waals surface area contributed by atoms with E-state index in [0.29, 0.717) is 11.3 Å². The van der Waals surface area contributed by atoms with Gasteiger partial charge in [-0.05, 0) is 43.2 Å². The molecular weight excluding hydrogens is 370 g/mol. The molecule has 1 aliphatic heterocycles. The molecule has 1 heterocycles. The summed E-state index contributed by atoms with van der Waals surface area (Å²) >= 11 is 0. The number of hydrogen-bond acceptors (Lipinski definition) is 5. The van der Waals surface area contributed by atoms with Crippen molar-refractivity contribution in [3.8, 4) is 0 Å². The lowest BCUT2D eigenvalue weighted by molar-refractivity contribution is -0.152. The molecule has 29 heavy (non-hydrogen) atoms. The minimum Gasteiger partial charge on any atom is -0.459 e. The van der Waals surface area contributed by atoms with E-state index in [2.05, 4.69) is 32.4 Å². The molecule has 152 valence electrons. The van der Waals surface area contributed by atoms with Gasteiger partial charge >= 0.3 is 11.9 Å². The van der Waals surface area contributed by atoms with Crippen LogP contribution in [0.2, 0.25) is 0 Å². The summed E-state index contributed by atoms with van der Waals surface area (Å²) in [6.45, 7) is 4.40. The molecule has 1 aliphatic rings. The first-order valence-corrected chi connectivity index (χ1v) is 9.70. The topological polar surface area (TPSA) is 87.7 Å². The number of nitrogens with zero attached hydrogens (tertiary/aromatic N) is 1. The lowest BCUT2D eigenvalue weighted by Crippen LogP contribution is -2.37. The van der Waals surface area contributed by atoms with Crippen molar-refractivity contribution in [2.24, 2.45) is 0 Å². The number of benzene rings is 2. The fourth-order valence-corrected chi connectivity index (χ4v) is 3.29. The molecule has 1 atom stereocenters. The number of rotatable bonds is 6. The fourth-order valence-electron chi connectivity index (χ4n) is 3.29. The largest absolute Gasteiger partial charge is 0.459 e. The normalized spacial score (nSPS) is 16.2. The molecule has 2 aromatic carbocycles. The summed E-state index contributed by atoms with van der Waals surface area (Å²) in [5.74, 6) is -1.93. The number of anilines is 1. The molecule has 2 N–H and O–H groups in total. The summed E-state index contributed by atoms with van der Waals surface area (Å²) in [7, 11) is 0. The molecule has 0 radical (unpaired) electrons. The first-order chi connectivity index (χ1) is 14.0. The molecule has 0 spiro atoms. The molecule has 0 saturated carbocycles. The number of hydrogen-bond donors (Lipinski definition) is 2. The van der Waals surface area contributed by atoms with Gasteiger partial charge in [-0.25, -0.2) is 4.79 Å². The Balaban J connectivity index is 1.48. The van der Waals surface area contributed by atoms with Crippen molar-refractivity contribution in [2.75, 3.05) is 25.0 Å². The van der Waals surface area contributed by atoms with Crippen molar-refractivity contribution >= 4 is 23.5 Å². The lowest BCUT2D eigenvalue weighted by atomic mass is 10.1. The van der Waals surface area contributed by atoms with E-state index in [9.17, 15) is 14.4 Å². The molecule has 7 nitrogen and oxygen atoms in total. The first kappa shape index (κ1) is 20.5. The van der Waals surface area contributed by atoms with Crippen LogP contribution < -0.4 is 10.6 Å². The monoisotopic (exact) mass is 395 g/mol. The van der Waals surface area contributed by atoms with Gasteiger partial charge in [0.25, 0.3) is 5.91 Å². The number of esters is 1. The average Bonchev–Trinajstić information content (AvgIpc) is 3.16. The van der Waals surface area contributed by atoms with Crippen LogP contribution >= 0.6 is 0 Å². The molecule has 3 rings (SSSR count). The molecule has 1 saturated heterocycles. The van der Waals surface area contributed by atoms with Crippen molar-refractivity contribution in [2.45, 2.75) is 25.9 Å². The van der Waals surface area contributed by atoms with Crippen LogP contribution in [0.4, 0.5) is 5.69 Å². The van der Waals surface area contributed by atoms with E-state index in [1.807, 2.05) is 18.2 Å². The third-order valence-corrected chi connectivity index (χ3v) is 4.72. The van der Waals surface area contributed by atoms with Crippen molar-refractivity contribution in [1.82, 2.24) is 10.2 Å². The predicted molar refractivity (Wildman–Crippen MR) is 109 cm³/mol. The number of ether oxygens (including phenoxy) is 1. The Morgan fingerprint density at radius 3 is 2.48 bits per heavy atom. The van der Waals surface area contributed by atoms with Gasteiger partial charge in [0, 0.05) is 36.9 Å². The van der Waals surface area contributed by atoms with Crippen LogP contribution in [0.25, 0.3) is 0 Å². The zero-order chi connectivity index (χ0) is 20.6. The van der Waals surface area contributed by atoms with Gasteiger partial charge in [0.15, 0.2) is 0 Å². The molecule has 7 heteroatoms. The van der Waals surface area contributed by atoms with Crippen LogP contribution in [0, 0.1) is 0 Å². The maximum atomic E-state index is 12.5. The van der Waals surface area contributed by atoms with Gasteiger partial charge in [0.1, 0.15) is 0 Å². The predicted octanol–water partition coefficient (Wildman–Crippen LogP) is 2.19. The number of nitrogens with one attached hydrogen (secondary N) is 2. The minimum absolute atomic E-state index is 0.106. The summed E-state index contributed by atoms with van der Waals surface area (Å²) < 4.78 is 4.64. The van der Waals surface area contributed by atoms with E-state index >= 15 is 0 Å². The van der Waals surface area contributed by atoms with Gasteiger partial charge in [-0.1, -0.05) is 30.3 Å². The second-order valence-electron chi connectivity index (χ2n) is 6.93. The zero-order valence-corrected chi connectivity index (χ0v) is 16.4. The number of likely N-dealkylation sites (tertiary alicyclic amines) is 1.